The molecule has 0 N–H and O–H groups in total. The number of aryl methyl sites for hydroxylation is 1. The lowest BCUT2D eigenvalue weighted by atomic mass is 10.1. The Kier molecular flexibility index (Phi) is 5.53. The van der Waals surface area contributed by atoms with Gasteiger partial charge in [-0.25, -0.2) is 14.2 Å². The van der Waals surface area contributed by atoms with Gasteiger partial charge in [-0.05, 0) is 25.1 Å². The molecule has 0 saturated heterocycles. The molecule has 0 saturated carbocycles. The van der Waals surface area contributed by atoms with Crippen LogP contribution in [0.4, 0.5) is 10.1 Å². The molecule has 0 atom stereocenters. The number of nitrogens with zero attached hydrogens (tertiary/aromatic N) is 2. The molecule has 0 radical (unpaired) electrons. The van der Waals surface area contributed by atoms with Gasteiger partial charge >= 0.3 is 5.97 Å². The van der Waals surface area contributed by atoms with Crippen molar-refractivity contribution in [3.05, 3.63) is 61.9 Å². The molecule has 0 unspecified atom stereocenters. The largest absolute Gasteiger partial charge is 0.462 e. The van der Waals surface area contributed by atoms with E-state index in [9.17, 15) is 19.3 Å². The first-order valence-corrected chi connectivity index (χ1v) is 7.53. The number of halogens is 1. The number of esters is 1. The lowest BCUT2D eigenvalue weighted by Gasteiger charge is -2.01. The molecular weight excluding hydrogens is 323 g/mol. The maximum absolute atomic E-state index is 13.0. The van der Waals surface area contributed by atoms with Crippen LogP contribution < -0.4 is 0 Å². The Labute approximate surface area is 135 Å². The van der Waals surface area contributed by atoms with Crippen LogP contribution in [-0.2, 0) is 16.0 Å². The number of aromatic nitrogens is 1. The Morgan fingerprint density at radius 3 is 2.96 bits per heavy atom. The Bertz CT molecular complexity index is 758. The van der Waals surface area contributed by atoms with Crippen LogP contribution in [0.1, 0.15) is 16.1 Å². The van der Waals surface area contributed by atoms with Gasteiger partial charge in [-0.15, -0.1) is 11.3 Å². The van der Waals surface area contributed by atoms with E-state index in [1.807, 2.05) is 6.92 Å². The van der Waals surface area contributed by atoms with Gasteiger partial charge in [0.1, 0.15) is 5.82 Å². The molecule has 1 heterocycles. The van der Waals surface area contributed by atoms with Crippen molar-refractivity contribution in [2.24, 2.45) is 0 Å². The van der Waals surface area contributed by atoms with Crippen molar-refractivity contribution in [3.8, 4) is 0 Å². The fourth-order valence-corrected chi connectivity index (χ4v) is 2.59. The minimum absolute atomic E-state index is 0.131. The third-order valence-electron chi connectivity index (χ3n) is 3.01. The van der Waals surface area contributed by atoms with Crippen LogP contribution in [0.2, 0.25) is 0 Å². The first-order valence-electron chi connectivity index (χ1n) is 6.65. The predicted octanol–water partition coefficient (Wildman–Crippen LogP) is 3.30. The molecule has 0 fully saturated rings. The average molecular weight is 336 g/mol. The monoisotopic (exact) mass is 336 g/mol. The zero-order chi connectivity index (χ0) is 16.8. The number of thiazole rings is 1. The molecule has 120 valence electrons. The van der Waals surface area contributed by atoms with E-state index in [-0.39, 0.29) is 12.2 Å². The number of carbonyl (C=O) groups is 1. The van der Waals surface area contributed by atoms with Gasteiger partial charge < -0.3 is 4.74 Å². The molecule has 0 spiro atoms. The van der Waals surface area contributed by atoms with Crippen LogP contribution in [0.5, 0.6) is 0 Å². The highest BCUT2D eigenvalue weighted by molar-refractivity contribution is 7.09. The summed E-state index contributed by atoms with van der Waals surface area (Å²) in [6, 6.07) is 3.13. The van der Waals surface area contributed by atoms with Crippen molar-refractivity contribution in [2.75, 3.05) is 6.61 Å². The van der Waals surface area contributed by atoms with Gasteiger partial charge in [0.25, 0.3) is 5.69 Å². The summed E-state index contributed by atoms with van der Waals surface area (Å²) in [4.78, 5) is 26.9. The average Bonchev–Trinajstić information content (AvgIpc) is 2.91. The number of ether oxygens (including phenoxy) is 1. The fourth-order valence-electron chi connectivity index (χ4n) is 1.83. The van der Waals surface area contributed by atoms with Crippen molar-refractivity contribution in [1.82, 2.24) is 4.98 Å². The molecule has 2 aromatic rings. The second-order valence-corrected chi connectivity index (χ2v) is 5.51. The highest BCUT2D eigenvalue weighted by Crippen LogP contribution is 2.21. The molecule has 0 aliphatic rings. The standard InChI is InChI=1S/C15H13FN2O4S/c1-10-14(23-9-17-10)6-7-22-15(19)5-3-11-2-4-12(16)8-13(11)18(20)21/h2-5,8-9H,6-7H2,1H3. The maximum Gasteiger partial charge on any atom is 0.330 e. The van der Waals surface area contributed by atoms with E-state index in [0.29, 0.717) is 6.42 Å². The summed E-state index contributed by atoms with van der Waals surface area (Å²) in [6.45, 7) is 2.07. The second-order valence-electron chi connectivity index (χ2n) is 4.57. The van der Waals surface area contributed by atoms with Crippen LogP contribution in [0.15, 0.2) is 29.8 Å². The number of benzene rings is 1. The summed E-state index contributed by atoms with van der Waals surface area (Å²) < 4.78 is 18.0. The van der Waals surface area contributed by atoms with E-state index in [0.717, 1.165) is 28.8 Å². The molecule has 0 aliphatic heterocycles. The van der Waals surface area contributed by atoms with E-state index in [2.05, 4.69) is 4.98 Å². The van der Waals surface area contributed by atoms with E-state index < -0.39 is 22.4 Å². The summed E-state index contributed by atoms with van der Waals surface area (Å²) in [5, 5.41) is 10.8. The molecule has 1 aromatic heterocycles. The maximum atomic E-state index is 13.0. The molecule has 0 amide bonds. The molecule has 2 rings (SSSR count). The summed E-state index contributed by atoms with van der Waals surface area (Å²) >= 11 is 1.49. The molecule has 1 aromatic carbocycles. The van der Waals surface area contributed by atoms with Gasteiger partial charge in [0, 0.05) is 17.4 Å². The number of rotatable bonds is 6. The van der Waals surface area contributed by atoms with Crippen molar-refractivity contribution >= 4 is 29.1 Å². The Morgan fingerprint density at radius 1 is 1.52 bits per heavy atom. The zero-order valence-corrected chi connectivity index (χ0v) is 13.0. The summed E-state index contributed by atoms with van der Waals surface area (Å²) in [5.41, 5.74) is 2.35. The van der Waals surface area contributed by atoms with Gasteiger partial charge in [-0.3, -0.25) is 10.1 Å². The first kappa shape index (κ1) is 16.8. The number of carbonyl (C=O) groups excluding carboxylic acids is 1. The smallest absolute Gasteiger partial charge is 0.330 e. The first-order chi connectivity index (χ1) is 11.0. The highest BCUT2D eigenvalue weighted by atomic mass is 32.1. The third-order valence-corrected chi connectivity index (χ3v) is 4.00. The molecule has 8 heteroatoms. The summed E-state index contributed by atoms with van der Waals surface area (Å²) in [7, 11) is 0. The fraction of sp³-hybridized carbons (Fsp3) is 0.200. The van der Waals surface area contributed by atoms with Crippen molar-refractivity contribution < 1.29 is 18.8 Å². The van der Waals surface area contributed by atoms with Gasteiger partial charge in [-0.1, -0.05) is 0 Å². The van der Waals surface area contributed by atoms with E-state index in [1.54, 1.807) is 5.51 Å². The van der Waals surface area contributed by atoms with Crippen LogP contribution in [0, 0.1) is 22.9 Å². The molecule has 6 nitrogen and oxygen atoms in total. The Morgan fingerprint density at radius 2 is 2.30 bits per heavy atom. The number of hydrogen-bond donors (Lipinski definition) is 0. The second kappa shape index (κ2) is 7.59. The Hall–Kier alpha value is -2.61. The van der Waals surface area contributed by atoms with Gasteiger partial charge in [0.15, 0.2) is 0 Å². The van der Waals surface area contributed by atoms with E-state index >= 15 is 0 Å². The lowest BCUT2D eigenvalue weighted by Crippen LogP contribution is -2.04. The minimum atomic E-state index is -0.712. The van der Waals surface area contributed by atoms with E-state index in [4.69, 9.17) is 4.74 Å². The van der Waals surface area contributed by atoms with E-state index in [1.165, 1.54) is 23.5 Å². The molecule has 0 aliphatic carbocycles. The lowest BCUT2D eigenvalue weighted by molar-refractivity contribution is -0.385. The zero-order valence-electron chi connectivity index (χ0n) is 12.2. The van der Waals surface area contributed by atoms with Crippen molar-refractivity contribution in [1.29, 1.82) is 0 Å². The predicted molar refractivity (Wildman–Crippen MR) is 83.6 cm³/mol. The molecular formula is C15H13FN2O4S. The number of nitro groups is 1. The Balaban J connectivity index is 1.93. The molecule has 0 bridgehead atoms. The van der Waals surface area contributed by atoms with Crippen LogP contribution in [0.3, 0.4) is 0 Å². The van der Waals surface area contributed by atoms with Crippen LogP contribution in [-0.4, -0.2) is 22.5 Å². The topological polar surface area (TPSA) is 82.3 Å². The van der Waals surface area contributed by atoms with Gasteiger partial charge in [-0.2, -0.15) is 0 Å². The minimum Gasteiger partial charge on any atom is -0.462 e. The van der Waals surface area contributed by atoms with Crippen LogP contribution >= 0.6 is 11.3 Å². The van der Waals surface area contributed by atoms with Gasteiger partial charge in [0.2, 0.25) is 0 Å². The van der Waals surface area contributed by atoms with Crippen molar-refractivity contribution in [2.45, 2.75) is 13.3 Å². The quantitative estimate of drug-likeness (QED) is 0.350. The van der Waals surface area contributed by atoms with Crippen molar-refractivity contribution in [3.63, 3.8) is 0 Å². The number of nitro benzene ring substituents is 1. The number of hydrogen-bond acceptors (Lipinski definition) is 6. The molecule has 23 heavy (non-hydrogen) atoms. The van der Waals surface area contributed by atoms with Crippen LogP contribution in [0.25, 0.3) is 6.08 Å². The summed E-state index contributed by atoms with van der Waals surface area (Å²) in [5.74, 6) is -1.33. The summed E-state index contributed by atoms with van der Waals surface area (Å²) in [6.07, 6.45) is 2.88. The highest BCUT2D eigenvalue weighted by Gasteiger charge is 2.13. The van der Waals surface area contributed by atoms with Gasteiger partial charge in [0.05, 0.1) is 34.4 Å². The normalized spacial score (nSPS) is 10.9. The SMILES string of the molecule is Cc1ncsc1CCOC(=O)C=Cc1ccc(F)cc1[N+](=O)[O-]. The third kappa shape index (κ3) is 4.68.